The third-order valence-corrected chi connectivity index (χ3v) is 4.35. The lowest BCUT2D eigenvalue weighted by Gasteiger charge is -2.22. The number of carbonyl (C=O) groups excluding carboxylic acids is 1. The van der Waals surface area contributed by atoms with Crippen molar-refractivity contribution in [1.29, 1.82) is 0 Å². The smallest absolute Gasteiger partial charge is 0.225 e. The second-order valence-electron chi connectivity index (χ2n) is 5.81. The average molecular weight is 301 g/mol. The lowest BCUT2D eigenvalue weighted by molar-refractivity contribution is -0.116. The first kappa shape index (κ1) is 13.5. The third-order valence-electron chi connectivity index (χ3n) is 4.35. The van der Waals surface area contributed by atoms with Crippen LogP contribution in [0.4, 0.5) is 5.82 Å². The van der Waals surface area contributed by atoms with Crippen molar-refractivity contribution in [2.24, 2.45) is 0 Å². The summed E-state index contributed by atoms with van der Waals surface area (Å²) in [6, 6.07) is 0. The second kappa shape index (κ2) is 5.24. The summed E-state index contributed by atoms with van der Waals surface area (Å²) >= 11 is 0. The molecule has 7 heteroatoms. The molecule has 1 amide bonds. The summed E-state index contributed by atoms with van der Waals surface area (Å²) in [6.45, 7) is 3.81. The van der Waals surface area contributed by atoms with Crippen LogP contribution < -0.4 is 4.90 Å². The van der Waals surface area contributed by atoms with Gasteiger partial charge in [0.2, 0.25) is 5.91 Å². The van der Waals surface area contributed by atoms with Gasteiger partial charge in [0.25, 0.3) is 0 Å². The van der Waals surface area contributed by atoms with E-state index in [0.717, 1.165) is 42.9 Å². The summed E-state index contributed by atoms with van der Waals surface area (Å²) in [5, 5.41) is 8.82. The number of amides is 1. The molecule has 0 aliphatic carbocycles. The molecule has 2 aromatic heterocycles. The number of aromatic nitrogens is 4. The molecule has 116 valence electrons. The van der Waals surface area contributed by atoms with Gasteiger partial charge in [-0.2, -0.15) is 10.2 Å². The molecule has 0 bridgehead atoms. The Labute approximate surface area is 128 Å². The van der Waals surface area contributed by atoms with Crippen LogP contribution in [-0.4, -0.2) is 38.6 Å². The minimum atomic E-state index is 0.0232. The van der Waals surface area contributed by atoms with Crippen LogP contribution in [0.3, 0.4) is 0 Å². The zero-order chi connectivity index (χ0) is 15.1. The molecule has 2 aliphatic rings. The van der Waals surface area contributed by atoms with Gasteiger partial charge in [-0.3, -0.25) is 9.69 Å². The Kier molecular flexibility index (Phi) is 3.22. The van der Waals surface area contributed by atoms with E-state index >= 15 is 0 Å². The van der Waals surface area contributed by atoms with Crippen molar-refractivity contribution >= 4 is 11.7 Å². The lowest BCUT2D eigenvalue weighted by atomic mass is 10.1. The monoisotopic (exact) mass is 301 g/mol. The fourth-order valence-corrected chi connectivity index (χ4v) is 3.21. The van der Waals surface area contributed by atoms with Crippen molar-refractivity contribution in [2.75, 3.05) is 18.1 Å². The van der Waals surface area contributed by atoms with E-state index in [9.17, 15) is 4.79 Å². The van der Waals surface area contributed by atoms with E-state index in [1.807, 2.05) is 28.0 Å². The van der Waals surface area contributed by atoms with Crippen LogP contribution in [0.2, 0.25) is 0 Å². The quantitative estimate of drug-likeness (QED) is 0.848. The van der Waals surface area contributed by atoms with E-state index in [0.29, 0.717) is 6.54 Å². The van der Waals surface area contributed by atoms with Crippen molar-refractivity contribution in [3.63, 3.8) is 0 Å². The first-order chi connectivity index (χ1) is 10.7. The molecular weight excluding hydrogens is 282 g/mol. The minimum absolute atomic E-state index is 0.0232. The summed E-state index contributed by atoms with van der Waals surface area (Å²) in [7, 11) is 0. The standard InChI is InChI=1S/C15H19N5O2/c1-11(21)18-5-6-19-15(18)13(9-17-19)12-8-16-20(10-12)14-4-2-3-7-22-14/h8-10,14H,2-7H2,1H3. The van der Waals surface area contributed by atoms with Crippen molar-refractivity contribution in [3.8, 4) is 11.1 Å². The van der Waals surface area contributed by atoms with E-state index in [4.69, 9.17) is 4.74 Å². The predicted octanol–water partition coefficient (Wildman–Crippen LogP) is 1.81. The third kappa shape index (κ3) is 2.12. The molecule has 0 aromatic carbocycles. The number of hydrogen-bond donors (Lipinski definition) is 0. The van der Waals surface area contributed by atoms with Gasteiger partial charge < -0.3 is 4.74 Å². The van der Waals surface area contributed by atoms with Crippen LogP contribution in [0, 0.1) is 0 Å². The molecule has 7 nitrogen and oxygen atoms in total. The summed E-state index contributed by atoms with van der Waals surface area (Å²) in [5.41, 5.74) is 1.93. The molecule has 0 radical (unpaired) electrons. The van der Waals surface area contributed by atoms with Gasteiger partial charge in [0.15, 0.2) is 0 Å². The number of hydrogen-bond acceptors (Lipinski definition) is 4. The maximum Gasteiger partial charge on any atom is 0.225 e. The van der Waals surface area contributed by atoms with Crippen LogP contribution in [0.25, 0.3) is 11.1 Å². The van der Waals surface area contributed by atoms with E-state index in [-0.39, 0.29) is 12.1 Å². The lowest BCUT2D eigenvalue weighted by Crippen LogP contribution is -2.26. The number of nitrogens with zero attached hydrogens (tertiary/aromatic N) is 5. The molecule has 0 spiro atoms. The summed E-state index contributed by atoms with van der Waals surface area (Å²) in [6.07, 6.45) is 8.93. The van der Waals surface area contributed by atoms with Crippen molar-refractivity contribution in [2.45, 2.75) is 39.0 Å². The Bertz CT molecular complexity index is 699. The minimum Gasteiger partial charge on any atom is -0.357 e. The highest BCUT2D eigenvalue weighted by Crippen LogP contribution is 2.34. The molecule has 1 unspecified atom stereocenters. The maximum atomic E-state index is 11.8. The van der Waals surface area contributed by atoms with Crippen molar-refractivity contribution < 1.29 is 9.53 Å². The molecule has 1 atom stereocenters. The fraction of sp³-hybridized carbons (Fsp3) is 0.533. The number of carbonyl (C=O) groups is 1. The van der Waals surface area contributed by atoms with Gasteiger partial charge in [0.1, 0.15) is 12.0 Å². The summed E-state index contributed by atoms with van der Waals surface area (Å²) in [5.74, 6) is 0.917. The van der Waals surface area contributed by atoms with E-state index in [1.54, 1.807) is 11.8 Å². The van der Waals surface area contributed by atoms with Crippen LogP contribution in [-0.2, 0) is 16.1 Å². The van der Waals surface area contributed by atoms with Crippen LogP contribution in [0.1, 0.15) is 32.4 Å². The fourth-order valence-electron chi connectivity index (χ4n) is 3.21. The van der Waals surface area contributed by atoms with Gasteiger partial charge in [0, 0.05) is 37.4 Å². The van der Waals surface area contributed by atoms with Gasteiger partial charge >= 0.3 is 0 Å². The highest BCUT2D eigenvalue weighted by Gasteiger charge is 2.28. The van der Waals surface area contributed by atoms with Gasteiger partial charge in [-0.15, -0.1) is 0 Å². The zero-order valence-corrected chi connectivity index (χ0v) is 12.6. The molecule has 2 aliphatic heterocycles. The van der Waals surface area contributed by atoms with Crippen molar-refractivity contribution in [1.82, 2.24) is 19.6 Å². The maximum absolute atomic E-state index is 11.8. The van der Waals surface area contributed by atoms with Gasteiger partial charge in [-0.1, -0.05) is 0 Å². The van der Waals surface area contributed by atoms with Gasteiger partial charge in [-0.05, 0) is 19.3 Å². The molecule has 1 saturated heterocycles. The van der Waals surface area contributed by atoms with Gasteiger partial charge in [0.05, 0.1) is 18.9 Å². The molecule has 0 saturated carbocycles. The molecule has 22 heavy (non-hydrogen) atoms. The first-order valence-corrected chi connectivity index (χ1v) is 7.74. The largest absolute Gasteiger partial charge is 0.357 e. The zero-order valence-electron chi connectivity index (χ0n) is 12.6. The highest BCUT2D eigenvalue weighted by molar-refractivity contribution is 5.95. The highest BCUT2D eigenvalue weighted by atomic mass is 16.5. The molecule has 4 rings (SSSR count). The predicted molar refractivity (Wildman–Crippen MR) is 80.3 cm³/mol. The second-order valence-corrected chi connectivity index (χ2v) is 5.81. The Morgan fingerprint density at radius 2 is 2.18 bits per heavy atom. The number of anilines is 1. The topological polar surface area (TPSA) is 65.2 Å². The van der Waals surface area contributed by atoms with E-state index in [1.165, 1.54) is 6.42 Å². The molecule has 4 heterocycles. The molecule has 2 aromatic rings. The normalized spacial score (nSPS) is 21.1. The van der Waals surface area contributed by atoms with Crippen LogP contribution in [0.5, 0.6) is 0 Å². The molecule has 0 N–H and O–H groups in total. The van der Waals surface area contributed by atoms with E-state index < -0.39 is 0 Å². The Morgan fingerprint density at radius 1 is 1.27 bits per heavy atom. The van der Waals surface area contributed by atoms with Crippen molar-refractivity contribution in [3.05, 3.63) is 18.6 Å². The number of fused-ring (bicyclic) bond motifs is 1. The Morgan fingerprint density at radius 3 is 2.95 bits per heavy atom. The molecule has 1 fully saturated rings. The molecular formula is C15H19N5O2. The van der Waals surface area contributed by atoms with Crippen LogP contribution >= 0.6 is 0 Å². The Hall–Kier alpha value is -2.15. The number of rotatable bonds is 2. The van der Waals surface area contributed by atoms with E-state index in [2.05, 4.69) is 10.2 Å². The summed E-state index contributed by atoms with van der Waals surface area (Å²) in [4.78, 5) is 13.6. The Balaban J connectivity index is 1.66. The SMILES string of the molecule is CC(=O)N1CCn2ncc(-c3cnn(C4CCCCO4)c3)c21. The summed E-state index contributed by atoms with van der Waals surface area (Å²) < 4.78 is 9.52. The average Bonchev–Trinajstić information content (AvgIpc) is 3.23. The van der Waals surface area contributed by atoms with Crippen LogP contribution in [0.15, 0.2) is 18.6 Å². The van der Waals surface area contributed by atoms with Gasteiger partial charge in [-0.25, -0.2) is 9.36 Å². The number of ether oxygens (including phenoxy) is 1. The first-order valence-electron chi connectivity index (χ1n) is 7.74.